The second kappa shape index (κ2) is 9.46. The molecule has 3 aromatic rings. The van der Waals surface area contributed by atoms with E-state index in [0.717, 1.165) is 12.1 Å². The third-order valence-corrected chi connectivity index (χ3v) is 6.92. The summed E-state index contributed by atoms with van der Waals surface area (Å²) in [6.45, 7) is 0.233. The molecule has 1 heterocycles. The predicted molar refractivity (Wildman–Crippen MR) is 125 cm³/mol. The number of ether oxygens (including phenoxy) is 1. The molecule has 1 aliphatic rings. The molecule has 1 atom stereocenters. The van der Waals surface area contributed by atoms with Crippen LogP contribution in [0.3, 0.4) is 0 Å². The highest BCUT2D eigenvalue weighted by Gasteiger charge is 2.36. The average molecular weight is 536 g/mol. The van der Waals surface area contributed by atoms with Crippen molar-refractivity contribution in [3.05, 3.63) is 82.4 Å². The molecule has 1 amide bonds. The Bertz CT molecular complexity index is 1490. The maximum absolute atomic E-state index is 13.5. The van der Waals surface area contributed by atoms with Crippen LogP contribution in [0.25, 0.3) is 0 Å². The van der Waals surface area contributed by atoms with Gasteiger partial charge in [-0.05, 0) is 54.1 Å². The molecule has 0 bridgehead atoms. The Balaban J connectivity index is 1.62. The van der Waals surface area contributed by atoms with Gasteiger partial charge in [0, 0.05) is 24.6 Å². The van der Waals surface area contributed by atoms with Crippen molar-refractivity contribution in [2.75, 3.05) is 11.4 Å². The zero-order chi connectivity index (χ0) is 26.3. The molecule has 0 saturated carbocycles. The van der Waals surface area contributed by atoms with Crippen molar-refractivity contribution < 1.29 is 31.1 Å². The van der Waals surface area contributed by atoms with Gasteiger partial charge in [0.25, 0.3) is 0 Å². The minimum atomic E-state index is -4.76. The van der Waals surface area contributed by atoms with Crippen LogP contribution in [0.15, 0.2) is 65.6 Å². The Morgan fingerprint density at radius 3 is 2.42 bits per heavy atom. The van der Waals surface area contributed by atoms with E-state index < -0.39 is 27.5 Å². The summed E-state index contributed by atoms with van der Waals surface area (Å²) in [5.74, 6) is -1.32. The molecule has 1 saturated heterocycles. The molecular weight excluding hydrogens is 519 g/mol. The van der Waals surface area contributed by atoms with Crippen molar-refractivity contribution >= 4 is 33.2 Å². The van der Waals surface area contributed by atoms with E-state index in [-0.39, 0.29) is 46.0 Å². The second-order valence-electron chi connectivity index (χ2n) is 8.03. The number of rotatable bonds is 5. The number of hydrogen-bond donors (Lipinski definition) is 1. The average Bonchev–Trinajstić information content (AvgIpc) is 3.21. The van der Waals surface area contributed by atoms with Crippen LogP contribution in [-0.4, -0.2) is 20.9 Å². The molecule has 36 heavy (non-hydrogen) atoms. The topological polar surface area (TPSA) is 113 Å². The van der Waals surface area contributed by atoms with Gasteiger partial charge in [-0.3, -0.25) is 4.79 Å². The van der Waals surface area contributed by atoms with E-state index in [2.05, 4.69) is 0 Å². The van der Waals surface area contributed by atoms with Crippen LogP contribution in [0.4, 0.5) is 18.9 Å². The first-order valence-electron chi connectivity index (χ1n) is 10.4. The van der Waals surface area contributed by atoms with Crippen LogP contribution in [0.2, 0.25) is 5.02 Å². The molecule has 0 unspecified atom stereocenters. The van der Waals surface area contributed by atoms with E-state index in [0.29, 0.717) is 11.3 Å². The Morgan fingerprint density at radius 2 is 1.81 bits per heavy atom. The number of hydrogen-bond acceptors (Lipinski definition) is 5. The van der Waals surface area contributed by atoms with Crippen LogP contribution >= 0.6 is 11.6 Å². The molecule has 0 aliphatic carbocycles. The number of nitrogens with two attached hydrogens (primary N) is 1. The number of halogens is 4. The quantitative estimate of drug-likeness (QED) is 0.483. The molecule has 1 fully saturated rings. The number of carbonyl (C=O) groups excluding carboxylic acids is 1. The van der Waals surface area contributed by atoms with Crippen LogP contribution in [0.1, 0.15) is 29.0 Å². The smallest absolute Gasteiger partial charge is 0.420 e. The van der Waals surface area contributed by atoms with Gasteiger partial charge in [0.1, 0.15) is 11.8 Å². The van der Waals surface area contributed by atoms with Gasteiger partial charge in [0.05, 0.1) is 21.0 Å². The minimum absolute atomic E-state index is 0.0272. The van der Waals surface area contributed by atoms with Crippen molar-refractivity contribution in [2.45, 2.75) is 23.4 Å². The number of nitriles is 1. The van der Waals surface area contributed by atoms with Gasteiger partial charge in [-0.15, -0.1) is 0 Å². The number of benzene rings is 3. The Hall–Kier alpha value is -3.59. The SMILES string of the molecule is N#Cc1cccc(C(F)(F)F)c1Oc1cc([C@H]2CC(=O)N(c3ccc(S(N)(=O)=O)cc3)C2)ccc1Cl. The number of para-hydroxylation sites is 1. The highest BCUT2D eigenvalue weighted by atomic mass is 35.5. The number of alkyl halides is 3. The maximum atomic E-state index is 13.5. The monoisotopic (exact) mass is 535 g/mol. The number of carbonyl (C=O) groups is 1. The van der Waals surface area contributed by atoms with Crippen LogP contribution in [0, 0.1) is 11.3 Å². The molecule has 3 aromatic carbocycles. The van der Waals surface area contributed by atoms with Crippen molar-refractivity contribution in [3.63, 3.8) is 0 Å². The number of amides is 1. The summed E-state index contributed by atoms with van der Waals surface area (Å²) in [6.07, 6.45) is -4.66. The summed E-state index contributed by atoms with van der Waals surface area (Å²) in [6, 6.07) is 14.9. The van der Waals surface area contributed by atoms with Crippen LogP contribution in [0.5, 0.6) is 11.5 Å². The second-order valence-corrected chi connectivity index (χ2v) is 10.00. The molecule has 2 N–H and O–H groups in total. The molecule has 0 spiro atoms. The van der Waals surface area contributed by atoms with E-state index >= 15 is 0 Å². The number of anilines is 1. The Kier molecular flexibility index (Phi) is 6.70. The van der Waals surface area contributed by atoms with E-state index in [4.69, 9.17) is 21.5 Å². The maximum Gasteiger partial charge on any atom is 0.420 e. The summed E-state index contributed by atoms with van der Waals surface area (Å²) in [7, 11) is -3.88. The zero-order valence-corrected chi connectivity index (χ0v) is 19.9. The highest BCUT2D eigenvalue weighted by molar-refractivity contribution is 7.89. The van der Waals surface area contributed by atoms with Crippen LogP contribution < -0.4 is 14.8 Å². The fourth-order valence-electron chi connectivity index (χ4n) is 3.92. The minimum Gasteiger partial charge on any atom is -0.454 e. The lowest BCUT2D eigenvalue weighted by Gasteiger charge is -2.19. The number of nitrogens with zero attached hydrogens (tertiary/aromatic N) is 2. The Labute approximate surface area is 209 Å². The van der Waals surface area contributed by atoms with Crippen molar-refractivity contribution in [3.8, 4) is 17.6 Å². The first-order chi connectivity index (χ1) is 16.9. The molecule has 1 aliphatic heterocycles. The van der Waals surface area contributed by atoms with Gasteiger partial charge in [-0.1, -0.05) is 23.7 Å². The molecular formula is C24H17ClF3N3O4S. The molecule has 186 valence electrons. The summed E-state index contributed by atoms with van der Waals surface area (Å²) >= 11 is 6.19. The van der Waals surface area contributed by atoms with Gasteiger partial charge in [-0.25, -0.2) is 13.6 Å². The standard InChI is InChI=1S/C24H17ClF3N3O4S/c25-20-9-4-14(10-21(20)35-23-15(12-29)2-1-3-19(23)24(26,27)28)16-11-22(32)31(13-16)17-5-7-18(8-6-17)36(30,33)34/h1-10,16H,11,13H2,(H2,30,33,34)/t16-/m0/s1. The van der Waals surface area contributed by atoms with Crippen molar-refractivity contribution in [1.82, 2.24) is 0 Å². The van der Waals surface area contributed by atoms with Crippen molar-refractivity contribution in [1.29, 1.82) is 5.26 Å². The number of sulfonamides is 1. The molecule has 0 radical (unpaired) electrons. The van der Waals surface area contributed by atoms with Crippen molar-refractivity contribution in [2.24, 2.45) is 5.14 Å². The molecule has 4 rings (SSSR count). The Morgan fingerprint density at radius 1 is 1.11 bits per heavy atom. The fraction of sp³-hybridized carbons (Fsp3) is 0.167. The van der Waals surface area contributed by atoms with E-state index in [1.165, 1.54) is 47.4 Å². The van der Waals surface area contributed by atoms with Gasteiger partial charge in [0.15, 0.2) is 5.75 Å². The van der Waals surface area contributed by atoms with Gasteiger partial charge < -0.3 is 9.64 Å². The third kappa shape index (κ3) is 5.16. The van der Waals surface area contributed by atoms with Gasteiger partial charge in [-0.2, -0.15) is 18.4 Å². The van der Waals surface area contributed by atoms with Crippen LogP contribution in [-0.2, 0) is 21.0 Å². The largest absolute Gasteiger partial charge is 0.454 e. The lowest BCUT2D eigenvalue weighted by Crippen LogP contribution is -2.24. The predicted octanol–water partition coefficient (Wildman–Crippen LogP) is 5.19. The van der Waals surface area contributed by atoms with Gasteiger partial charge >= 0.3 is 6.18 Å². The first kappa shape index (κ1) is 25.5. The first-order valence-corrected chi connectivity index (χ1v) is 12.3. The molecule has 0 aromatic heterocycles. The summed E-state index contributed by atoms with van der Waals surface area (Å²) < 4.78 is 69.0. The fourth-order valence-corrected chi connectivity index (χ4v) is 4.59. The lowest BCUT2D eigenvalue weighted by atomic mass is 9.98. The summed E-state index contributed by atoms with van der Waals surface area (Å²) in [5.41, 5.74) is -0.364. The lowest BCUT2D eigenvalue weighted by molar-refractivity contribution is -0.138. The van der Waals surface area contributed by atoms with E-state index in [1.54, 1.807) is 12.1 Å². The summed E-state index contributed by atoms with van der Waals surface area (Å²) in [5, 5.41) is 14.4. The van der Waals surface area contributed by atoms with Gasteiger partial charge in [0.2, 0.25) is 15.9 Å². The normalized spacial score (nSPS) is 16.2. The summed E-state index contributed by atoms with van der Waals surface area (Å²) in [4.78, 5) is 14.1. The zero-order valence-electron chi connectivity index (χ0n) is 18.3. The molecule has 7 nitrogen and oxygen atoms in total. The number of primary sulfonamides is 1. The third-order valence-electron chi connectivity index (χ3n) is 5.68. The highest BCUT2D eigenvalue weighted by Crippen LogP contribution is 2.43. The molecule has 12 heteroatoms. The van der Waals surface area contributed by atoms with E-state index in [9.17, 15) is 31.6 Å². The van der Waals surface area contributed by atoms with E-state index in [1.807, 2.05) is 0 Å².